The number of sulfonamides is 1. The first kappa shape index (κ1) is 28.2. The summed E-state index contributed by atoms with van der Waals surface area (Å²) in [5.41, 5.74) is 2.61. The Balaban J connectivity index is 0.00000193. The van der Waals surface area contributed by atoms with Crippen LogP contribution in [0, 0.1) is 0 Å². The fraction of sp³-hybridized carbons (Fsp3) is 0.478. The molecule has 4 rings (SSSR count). The lowest BCUT2D eigenvalue weighted by atomic mass is 10.0. The average Bonchev–Trinajstić information content (AvgIpc) is 3.44. The van der Waals surface area contributed by atoms with Gasteiger partial charge in [-0.3, -0.25) is 9.80 Å². The summed E-state index contributed by atoms with van der Waals surface area (Å²) in [7, 11) is -3.65. The van der Waals surface area contributed by atoms with Crippen LogP contribution in [0.3, 0.4) is 0 Å². The van der Waals surface area contributed by atoms with Gasteiger partial charge in [-0.1, -0.05) is 11.6 Å². The Morgan fingerprint density at radius 3 is 1.76 bits per heavy atom. The van der Waals surface area contributed by atoms with E-state index in [2.05, 4.69) is 14.5 Å². The number of aromatic hydroxyl groups is 1. The molecule has 0 radical (unpaired) electrons. The molecule has 0 aliphatic carbocycles. The molecule has 0 atom stereocenters. The van der Waals surface area contributed by atoms with Crippen molar-refractivity contribution in [1.29, 1.82) is 0 Å². The van der Waals surface area contributed by atoms with E-state index in [1.54, 1.807) is 12.1 Å². The van der Waals surface area contributed by atoms with E-state index in [9.17, 15) is 13.5 Å². The molecule has 6 nitrogen and oxygen atoms in total. The van der Waals surface area contributed by atoms with Crippen molar-refractivity contribution < 1.29 is 13.5 Å². The standard InChI is InChI=1S/C23H30ClN3O3S.2ClH/c24-21-5-7-22(8-6-21)31(29,30)25-15-18-13-19(16-26-9-1-2-10-26)23(28)20(14-18)17-27-11-3-4-12-27;;/h5-8,13-14,25,28H,1-4,9-12,15-17H2;2*1H. The fourth-order valence-corrected chi connectivity index (χ4v) is 5.56. The third-order valence-corrected chi connectivity index (χ3v) is 7.77. The number of phenolic OH excluding ortho intramolecular Hbond substituents is 1. The van der Waals surface area contributed by atoms with Crippen LogP contribution >= 0.6 is 36.4 Å². The molecule has 2 N–H and O–H groups in total. The van der Waals surface area contributed by atoms with Crippen molar-refractivity contribution in [3.05, 3.63) is 58.1 Å². The summed E-state index contributed by atoms with van der Waals surface area (Å²) in [6.07, 6.45) is 4.73. The van der Waals surface area contributed by atoms with Gasteiger partial charge in [-0.2, -0.15) is 0 Å². The number of hydrogen-bond acceptors (Lipinski definition) is 5. The van der Waals surface area contributed by atoms with Crippen LogP contribution in [0.2, 0.25) is 5.02 Å². The van der Waals surface area contributed by atoms with Crippen molar-refractivity contribution in [2.24, 2.45) is 0 Å². The van der Waals surface area contributed by atoms with E-state index in [1.165, 1.54) is 37.8 Å². The Hall–Kier alpha value is -1.06. The number of hydrogen-bond donors (Lipinski definition) is 2. The van der Waals surface area contributed by atoms with Gasteiger partial charge in [-0.15, -0.1) is 24.8 Å². The van der Waals surface area contributed by atoms with Crippen LogP contribution in [-0.4, -0.2) is 49.5 Å². The first-order valence-corrected chi connectivity index (χ1v) is 12.8. The number of benzene rings is 2. The monoisotopic (exact) mass is 535 g/mol. The van der Waals surface area contributed by atoms with Crippen molar-refractivity contribution >= 4 is 46.4 Å². The van der Waals surface area contributed by atoms with Crippen molar-refractivity contribution in [1.82, 2.24) is 14.5 Å². The molecule has 0 spiro atoms. The van der Waals surface area contributed by atoms with Crippen LogP contribution in [0.1, 0.15) is 42.4 Å². The summed E-state index contributed by atoms with van der Waals surface area (Å²) in [4.78, 5) is 4.87. The normalized spacial score (nSPS) is 17.0. The van der Waals surface area contributed by atoms with Crippen LogP contribution in [0.25, 0.3) is 0 Å². The smallest absolute Gasteiger partial charge is 0.240 e. The van der Waals surface area contributed by atoms with Gasteiger partial charge in [0.05, 0.1) is 4.90 Å². The molecule has 33 heavy (non-hydrogen) atoms. The minimum atomic E-state index is -3.65. The van der Waals surface area contributed by atoms with E-state index in [4.69, 9.17) is 11.6 Å². The number of likely N-dealkylation sites (tertiary alicyclic amines) is 2. The predicted molar refractivity (Wildman–Crippen MR) is 137 cm³/mol. The van der Waals surface area contributed by atoms with E-state index in [0.717, 1.165) is 42.9 Å². The molecule has 10 heteroatoms. The first-order chi connectivity index (χ1) is 14.9. The summed E-state index contributed by atoms with van der Waals surface area (Å²) in [6, 6.07) is 10.0. The molecule has 0 amide bonds. The van der Waals surface area contributed by atoms with Gasteiger partial charge in [0.25, 0.3) is 0 Å². The van der Waals surface area contributed by atoms with Gasteiger partial charge >= 0.3 is 0 Å². The number of nitrogens with one attached hydrogen (secondary N) is 1. The molecule has 0 aromatic heterocycles. The summed E-state index contributed by atoms with van der Waals surface area (Å²) in [5, 5.41) is 11.5. The Kier molecular flexibility index (Phi) is 10.7. The molecular formula is C23H32Cl3N3O3S. The van der Waals surface area contributed by atoms with Gasteiger partial charge in [-0.05, 0) is 93.8 Å². The van der Waals surface area contributed by atoms with Crippen molar-refractivity contribution in [3.63, 3.8) is 0 Å². The molecule has 2 aliphatic rings. The molecule has 0 saturated carbocycles. The lowest BCUT2D eigenvalue weighted by Crippen LogP contribution is -2.24. The Morgan fingerprint density at radius 2 is 1.30 bits per heavy atom. The fourth-order valence-electron chi connectivity index (χ4n) is 4.41. The van der Waals surface area contributed by atoms with E-state index in [0.29, 0.717) is 23.9 Å². The SMILES string of the molecule is Cl.Cl.O=S(=O)(NCc1cc(CN2CCCC2)c(O)c(CN2CCCC2)c1)c1ccc(Cl)cc1. The molecule has 0 unspecified atom stereocenters. The van der Waals surface area contributed by atoms with Gasteiger partial charge in [0.2, 0.25) is 10.0 Å². The minimum Gasteiger partial charge on any atom is -0.507 e. The van der Waals surface area contributed by atoms with E-state index < -0.39 is 10.0 Å². The first-order valence-electron chi connectivity index (χ1n) is 10.9. The second-order valence-corrected chi connectivity index (χ2v) is 10.7. The van der Waals surface area contributed by atoms with Gasteiger partial charge in [0, 0.05) is 35.8 Å². The molecule has 2 saturated heterocycles. The van der Waals surface area contributed by atoms with Crippen molar-refractivity contribution in [3.8, 4) is 5.75 Å². The van der Waals surface area contributed by atoms with Gasteiger partial charge in [0.15, 0.2) is 0 Å². The van der Waals surface area contributed by atoms with E-state index in [1.807, 2.05) is 12.1 Å². The second kappa shape index (κ2) is 12.6. The zero-order chi connectivity index (χ0) is 21.8. The number of halogens is 3. The largest absolute Gasteiger partial charge is 0.507 e. The van der Waals surface area contributed by atoms with Gasteiger partial charge < -0.3 is 5.11 Å². The third kappa shape index (κ3) is 7.46. The molecule has 2 fully saturated rings. The maximum absolute atomic E-state index is 12.7. The highest BCUT2D eigenvalue weighted by molar-refractivity contribution is 7.89. The van der Waals surface area contributed by atoms with Crippen molar-refractivity contribution in [2.45, 2.75) is 50.2 Å². The third-order valence-electron chi connectivity index (χ3n) is 6.10. The minimum absolute atomic E-state index is 0. The van der Waals surface area contributed by atoms with Crippen LogP contribution in [0.15, 0.2) is 41.3 Å². The lowest BCUT2D eigenvalue weighted by Gasteiger charge is -2.21. The number of nitrogens with zero attached hydrogens (tertiary/aromatic N) is 2. The van der Waals surface area contributed by atoms with E-state index >= 15 is 0 Å². The van der Waals surface area contributed by atoms with Crippen LogP contribution in [0.4, 0.5) is 0 Å². The maximum Gasteiger partial charge on any atom is 0.240 e. The van der Waals surface area contributed by atoms with Crippen LogP contribution in [0.5, 0.6) is 5.75 Å². The van der Waals surface area contributed by atoms with Crippen LogP contribution < -0.4 is 4.72 Å². The summed E-state index contributed by atoms with van der Waals surface area (Å²) < 4.78 is 28.1. The Labute approximate surface area is 214 Å². The highest BCUT2D eigenvalue weighted by Gasteiger charge is 2.20. The summed E-state index contributed by atoms with van der Waals surface area (Å²) in [5.74, 6) is 0.350. The van der Waals surface area contributed by atoms with Crippen LogP contribution in [-0.2, 0) is 29.7 Å². The summed E-state index contributed by atoms with van der Waals surface area (Å²) >= 11 is 5.88. The highest BCUT2D eigenvalue weighted by Crippen LogP contribution is 2.29. The van der Waals surface area contributed by atoms with Crippen molar-refractivity contribution in [2.75, 3.05) is 26.2 Å². The second-order valence-electron chi connectivity index (χ2n) is 8.51. The molecule has 2 aromatic carbocycles. The molecule has 2 aliphatic heterocycles. The molecule has 184 valence electrons. The molecule has 2 aromatic rings. The molecule has 0 bridgehead atoms. The predicted octanol–water partition coefficient (Wildman–Crippen LogP) is 4.56. The topological polar surface area (TPSA) is 72.9 Å². The summed E-state index contributed by atoms with van der Waals surface area (Å²) in [6.45, 7) is 5.70. The highest BCUT2D eigenvalue weighted by atomic mass is 35.5. The zero-order valence-corrected chi connectivity index (χ0v) is 21.7. The average molecular weight is 537 g/mol. The number of rotatable bonds is 8. The lowest BCUT2D eigenvalue weighted by molar-refractivity contribution is 0.312. The van der Waals surface area contributed by atoms with E-state index in [-0.39, 0.29) is 36.3 Å². The molecular weight excluding hydrogens is 505 g/mol. The quantitative estimate of drug-likeness (QED) is 0.517. The zero-order valence-electron chi connectivity index (χ0n) is 18.5. The number of phenols is 1. The van der Waals surface area contributed by atoms with Gasteiger partial charge in [0.1, 0.15) is 5.75 Å². The van der Waals surface area contributed by atoms with Gasteiger partial charge in [-0.25, -0.2) is 13.1 Å². The maximum atomic E-state index is 12.7. The Morgan fingerprint density at radius 1 is 0.848 bits per heavy atom. The molecule has 2 heterocycles. The Bertz CT molecular complexity index is 968.